The molecule has 0 aliphatic heterocycles. The Labute approximate surface area is 142 Å². The zero-order valence-electron chi connectivity index (χ0n) is 11.3. The highest BCUT2D eigenvalue weighted by Gasteiger charge is 2.16. The minimum absolute atomic E-state index is 0.222. The van der Waals surface area contributed by atoms with E-state index >= 15 is 0 Å². The van der Waals surface area contributed by atoms with Crippen molar-refractivity contribution in [2.75, 3.05) is 6.54 Å². The van der Waals surface area contributed by atoms with Crippen LogP contribution in [0.4, 0.5) is 0 Å². The first-order valence-corrected chi connectivity index (χ1v) is 9.52. The van der Waals surface area contributed by atoms with Gasteiger partial charge in [0, 0.05) is 28.7 Å². The van der Waals surface area contributed by atoms with Crippen molar-refractivity contribution in [1.82, 2.24) is 9.71 Å². The molecule has 1 aromatic carbocycles. The number of halogens is 2. The highest BCUT2D eigenvalue weighted by Crippen LogP contribution is 2.26. The van der Waals surface area contributed by atoms with Crippen molar-refractivity contribution in [1.29, 1.82) is 0 Å². The van der Waals surface area contributed by atoms with E-state index < -0.39 is 10.0 Å². The van der Waals surface area contributed by atoms with Crippen LogP contribution >= 0.6 is 34.5 Å². The molecule has 0 atom stereocenters. The third kappa shape index (κ3) is 3.31. The Kier molecular flexibility index (Phi) is 4.47. The Morgan fingerprint density at radius 2 is 2.00 bits per heavy atom. The van der Waals surface area contributed by atoms with Gasteiger partial charge in [0.1, 0.15) is 4.21 Å². The molecule has 2 aromatic heterocycles. The van der Waals surface area contributed by atoms with Gasteiger partial charge in [-0.2, -0.15) is 0 Å². The Morgan fingerprint density at radius 1 is 1.18 bits per heavy atom. The predicted octanol–water partition coefficient (Wildman–Crippen LogP) is 4.06. The first kappa shape index (κ1) is 15.8. The van der Waals surface area contributed by atoms with Crippen LogP contribution in [0.3, 0.4) is 0 Å². The number of hydrogen-bond acceptors (Lipinski definition) is 3. The average molecular weight is 375 g/mol. The minimum Gasteiger partial charge on any atom is -0.361 e. The van der Waals surface area contributed by atoms with E-state index in [1.165, 1.54) is 6.07 Å². The molecule has 0 radical (unpaired) electrons. The van der Waals surface area contributed by atoms with Crippen molar-refractivity contribution >= 4 is 55.5 Å². The minimum atomic E-state index is -3.51. The third-order valence-electron chi connectivity index (χ3n) is 3.23. The number of H-pyrrole nitrogens is 1. The smallest absolute Gasteiger partial charge is 0.250 e. The summed E-state index contributed by atoms with van der Waals surface area (Å²) in [5.74, 6) is 0. The largest absolute Gasteiger partial charge is 0.361 e. The Hall–Kier alpha value is -1.05. The van der Waals surface area contributed by atoms with Gasteiger partial charge in [0.05, 0.1) is 4.34 Å². The number of fused-ring (bicyclic) bond motifs is 1. The number of hydrogen-bond donors (Lipinski definition) is 2. The number of aromatic amines is 1. The second-order valence-corrected chi connectivity index (χ2v) is 8.86. The first-order valence-electron chi connectivity index (χ1n) is 6.46. The summed E-state index contributed by atoms with van der Waals surface area (Å²) in [5, 5.41) is 1.66. The van der Waals surface area contributed by atoms with E-state index in [-0.39, 0.29) is 4.21 Å². The van der Waals surface area contributed by atoms with Gasteiger partial charge < -0.3 is 4.98 Å². The molecule has 22 heavy (non-hydrogen) atoms. The summed E-state index contributed by atoms with van der Waals surface area (Å²) in [5.41, 5.74) is 2.00. The highest BCUT2D eigenvalue weighted by atomic mass is 35.5. The third-order valence-corrected chi connectivity index (χ3v) is 6.65. The van der Waals surface area contributed by atoms with Gasteiger partial charge in [0.15, 0.2) is 0 Å². The van der Waals surface area contributed by atoms with Crippen molar-refractivity contribution in [2.24, 2.45) is 0 Å². The molecule has 0 fully saturated rings. The molecule has 2 heterocycles. The van der Waals surface area contributed by atoms with Crippen molar-refractivity contribution in [3.63, 3.8) is 0 Å². The molecule has 0 aliphatic carbocycles. The van der Waals surface area contributed by atoms with Gasteiger partial charge in [-0.3, -0.25) is 0 Å². The molecule has 4 nitrogen and oxygen atoms in total. The number of benzene rings is 1. The maximum absolute atomic E-state index is 12.1. The summed E-state index contributed by atoms with van der Waals surface area (Å²) >= 11 is 12.8. The van der Waals surface area contributed by atoms with Crippen molar-refractivity contribution < 1.29 is 8.42 Å². The van der Waals surface area contributed by atoms with E-state index in [1.54, 1.807) is 6.07 Å². The molecule has 0 unspecified atom stereocenters. The fourth-order valence-electron chi connectivity index (χ4n) is 2.19. The van der Waals surface area contributed by atoms with Crippen LogP contribution in [0.25, 0.3) is 10.9 Å². The molecule has 0 aliphatic rings. The second-order valence-electron chi connectivity index (χ2n) is 4.71. The van der Waals surface area contributed by atoms with Gasteiger partial charge in [-0.15, -0.1) is 11.3 Å². The Bertz CT molecular complexity index is 916. The van der Waals surface area contributed by atoms with Gasteiger partial charge in [-0.05, 0) is 42.3 Å². The molecule has 2 N–H and O–H groups in total. The number of rotatable bonds is 5. The molecule has 0 spiro atoms. The second kappa shape index (κ2) is 6.22. The van der Waals surface area contributed by atoms with Crippen LogP contribution in [-0.4, -0.2) is 19.9 Å². The van der Waals surface area contributed by atoms with Crippen LogP contribution in [0.15, 0.2) is 40.7 Å². The van der Waals surface area contributed by atoms with E-state index in [0.29, 0.717) is 22.3 Å². The van der Waals surface area contributed by atoms with E-state index in [9.17, 15) is 8.42 Å². The molecule has 0 saturated carbocycles. The summed E-state index contributed by atoms with van der Waals surface area (Å²) in [6.45, 7) is 0.303. The Morgan fingerprint density at radius 3 is 2.73 bits per heavy atom. The number of aromatic nitrogens is 1. The topological polar surface area (TPSA) is 62.0 Å². The molecule has 3 aromatic rings. The van der Waals surface area contributed by atoms with Gasteiger partial charge in [0.25, 0.3) is 0 Å². The molecule has 0 saturated heterocycles. The van der Waals surface area contributed by atoms with E-state index in [0.717, 1.165) is 27.8 Å². The zero-order valence-corrected chi connectivity index (χ0v) is 14.4. The molecule has 116 valence electrons. The molecule has 0 amide bonds. The van der Waals surface area contributed by atoms with E-state index in [4.69, 9.17) is 23.2 Å². The van der Waals surface area contributed by atoms with Crippen LogP contribution in [0.1, 0.15) is 5.56 Å². The van der Waals surface area contributed by atoms with Crippen molar-refractivity contribution in [3.05, 3.63) is 51.5 Å². The average Bonchev–Trinajstić information content (AvgIpc) is 3.06. The van der Waals surface area contributed by atoms with Gasteiger partial charge in [-0.1, -0.05) is 23.2 Å². The lowest BCUT2D eigenvalue weighted by molar-refractivity contribution is 0.584. The molecular weight excluding hydrogens is 363 g/mol. The normalized spacial score (nSPS) is 12.1. The molecular formula is C14H12Cl2N2O2S2. The number of sulfonamides is 1. The summed E-state index contributed by atoms with van der Waals surface area (Å²) < 4.78 is 27.5. The fourth-order valence-corrected chi connectivity index (χ4v) is 4.92. The quantitative estimate of drug-likeness (QED) is 0.707. The van der Waals surface area contributed by atoms with Crippen molar-refractivity contribution in [2.45, 2.75) is 10.6 Å². The SMILES string of the molecule is O=S(=O)(NCCc1c[nH]c2ccc(Cl)cc12)c1ccc(Cl)s1. The van der Waals surface area contributed by atoms with Crippen LogP contribution < -0.4 is 4.72 Å². The van der Waals surface area contributed by atoms with Crippen molar-refractivity contribution in [3.8, 4) is 0 Å². The van der Waals surface area contributed by atoms with Crippen LogP contribution in [0.5, 0.6) is 0 Å². The molecule has 0 bridgehead atoms. The number of nitrogens with one attached hydrogen (secondary N) is 2. The van der Waals surface area contributed by atoms with E-state index in [2.05, 4.69) is 9.71 Å². The lowest BCUT2D eigenvalue weighted by atomic mass is 10.1. The first-order chi connectivity index (χ1) is 10.5. The lowest BCUT2D eigenvalue weighted by Crippen LogP contribution is -2.25. The monoisotopic (exact) mass is 374 g/mol. The standard InChI is InChI=1S/C14H12Cl2N2O2S2/c15-10-1-2-12-11(7-10)9(8-17-12)5-6-18-22(19,20)14-4-3-13(16)21-14/h1-4,7-8,17-18H,5-6H2. The van der Waals surface area contributed by atoms with Crippen LogP contribution in [-0.2, 0) is 16.4 Å². The lowest BCUT2D eigenvalue weighted by Gasteiger charge is -2.04. The Balaban J connectivity index is 1.71. The molecule has 8 heteroatoms. The maximum Gasteiger partial charge on any atom is 0.250 e. The van der Waals surface area contributed by atoms with E-state index in [1.807, 2.05) is 24.4 Å². The number of thiophene rings is 1. The zero-order chi connectivity index (χ0) is 15.7. The van der Waals surface area contributed by atoms with Gasteiger partial charge in [-0.25, -0.2) is 13.1 Å². The fraction of sp³-hybridized carbons (Fsp3) is 0.143. The van der Waals surface area contributed by atoms with Crippen LogP contribution in [0, 0.1) is 0 Å². The summed E-state index contributed by atoms with van der Waals surface area (Å²) in [7, 11) is -3.51. The maximum atomic E-state index is 12.1. The summed E-state index contributed by atoms with van der Waals surface area (Å²) in [6, 6.07) is 8.66. The summed E-state index contributed by atoms with van der Waals surface area (Å²) in [4.78, 5) is 3.15. The van der Waals surface area contributed by atoms with Gasteiger partial charge >= 0.3 is 0 Å². The van der Waals surface area contributed by atoms with Gasteiger partial charge in [0.2, 0.25) is 10.0 Å². The summed E-state index contributed by atoms with van der Waals surface area (Å²) in [6.07, 6.45) is 2.44. The predicted molar refractivity (Wildman–Crippen MR) is 91.5 cm³/mol. The molecule has 3 rings (SSSR count). The highest BCUT2D eigenvalue weighted by molar-refractivity contribution is 7.91. The van der Waals surface area contributed by atoms with Crippen LogP contribution in [0.2, 0.25) is 9.36 Å².